The van der Waals surface area contributed by atoms with E-state index in [-0.39, 0.29) is 6.10 Å². The van der Waals surface area contributed by atoms with Crippen LogP contribution in [-0.4, -0.2) is 56.3 Å². The van der Waals surface area contributed by atoms with Gasteiger partial charge in [-0.05, 0) is 19.5 Å². The van der Waals surface area contributed by atoms with Crippen molar-refractivity contribution in [2.75, 3.05) is 33.2 Å². The minimum absolute atomic E-state index is 0.305. The van der Waals surface area contributed by atoms with Gasteiger partial charge in [0.15, 0.2) is 0 Å². The number of aryl methyl sites for hydroxylation is 1. The Hall–Kier alpha value is -0.950. The van der Waals surface area contributed by atoms with E-state index in [0.29, 0.717) is 13.1 Å². The molecule has 2 saturated heterocycles. The fraction of sp³-hybridized carbons (Fsp3) is 0.571. The minimum Gasteiger partial charge on any atom is -0.346 e. The van der Waals surface area contributed by atoms with E-state index in [1.54, 1.807) is 4.31 Å². The Morgan fingerprint density at radius 2 is 1.70 bits per heavy atom. The summed E-state index contributed by atoms with van der Waals surface area (Å²) in [7, 11) is -1.33. The van der Waals surface area contributed by atoms with E-state index in [1.165, 1.54) is 0 Å². The maximum absolute atomic E-state index is 12.5. The number of benzene rings is 1. The molecule has 0 bridgehead atoms. The second-order valence-electron chi connectivity index (χ2n) is 5.58. The average Bonchev–Trinajstić information content (AvgIpc) is 3.21. The molecule has 1 aromatic rings. The van der Waals surface area contributed by atoms with Crippen LogP contribution in [0.3, 0.4) is 0 Å². The summed E-state index contributed by atoms with van der Waals surface area (Å²) in [6, 6.07) is 7.85. The van der Waals surface area contributed by atoms with Gasteiger partial charge in [-0.2, -0.15) is 4.31 Å². The number of hydrogen-bond donors (Lipinski definition) is 0. The standard InChI is InChI=1S/C14H20N2O3S/c1-11-3-5-12(6-4-11)13-14(19-13)20(17,18)16-9-7-15(2)8-10-16/h3-6,13-14H,7-10H2,1-2H3. The van der Waals surface area contributed by atoms with Gasteiger partial charge < -0.3 is 9.64 Å². The van der Waals surface area contributed by atoms with Crippen molar-refractivity contribution in [2.45, 2.75) is 18.5 Å². The third-order valence-corrected chi connectivity index (χ3v) is 6.00. The van der Waals surface area contributed by atoms with Gasteiger partial charge in [0.05, 0.1) is 0 Å². The van der Waals surface area contributed by atoms with Crippen LogP contribution < -0.4 is 0 Å². The smallest absolute Gasteiger partial charge is 0.244 e. The molecule has 2 fully saturated rings. The van der Waals surface area contributed by atoms with Gasteiger partial charge in [0.1, 0.15) is 6.10 Å². The number of sulfonamides is 1. The second-order valence-corrected chi connectivity index (χ2v) is 7.59. The third kappa shape index (κ3) is 2.61. The van der Waals surface area contributed by atoms with Crippen molar-refractivity contribution < 1.29 is 13.2 Å². The molecule has 2 heterocycles. The minimum atomic E-state index is -3.34. The molecule has 6 heteroatoms. The summed E-state index contributed by atoms with van der Waals surface area (Å²) in [5.74, 6) is 0. The highest BCUT2D eigenvalue weighted by atomic mass is 32.2. The number of ether oxygens (including phenoxy) is 1. The van der Waals surface area contributed by atoms with Crippen LogP contribution in [0.4, 0.5) is 0 Å². The lowest BCUT2D eigenvalue weighted by atomic mass is 10.1. The SMILES string of the molecule is Cc1ccc(C2OC2S(=O)(=O)N2CCN(C)CC2)cc1. The van der Waals surface area contributed by atoms with Crippen molar-refractivity contribution in [1.82, 2.24) is 9.21 Å². The van der Waals surface area contributed by atoms with Gasteiger partial charge in [0.2, 0.25) is 15.5 Å². The van der Waals surface area contributed by atoms with E-state index in [2.05, 4.69) is 4.90 Å². The summed E-state index contributed by atoms with van der Waals surface area (Å²) in [5, 5.41) is 0. The normalized spacial score (nSPS) is 28.5. The van der Waals surface area contributed by atoms with E-state index in [9.17, 15) is 8.42 Å². The first-order valence-electron chi connectivity index (χ1n) is 6.88. The Kier molecular flexibility index (Phi) is 3.58. The molecule has 0 aromatic heterocycles. The van der Waals surface area contributed by atoms with Crippen molar-refractivity contribution in [3.05, 3.63) is 35.4 Å². The lowest BCUT2D eigenvalue weighted by Crippen LogP contribution is -2.48. The van der Waals surface area contributed by atoms with Crippen molar-refractivity contribution in [2.24, 2.45) is 0 Å². The lowest BCUT2D eigenvalue weighted by molar-refractivity contribution is 0.220. The fourth-order valence-electron chi connectivity index (χ4n) is 2.51. The number of likely N-dealkylation sites (N-methyl/N-ethyl adjacent to an activating group) is 1. The number of hydrogen-bond acceptors (Lipinski definition) is 4. The van der Waals surface area contributed by atoms with Crippen molar-refractivity contribution in [3.8, 4) is 0 Å². The first-order chi connectivity index (χ1) is 9.48. The maximum Gasteiger partial charge on any atom is 0.244 e. The zero-order valence-electron chi connectivity index (χ0n) is 11.8. The van der Waals surface area contributed by atoms with Gasteiger partial charge in [-0.1, -0.05) is 29.8 Å². The van der Waals surface area contributed by atoms with Crippen LogP contribution in [0.2, 0.25) is 0 Å². The molecule has 0 radical (unpaired) electrons. The predicted molar refractivity (Wildman–Crippen MR) is 76.8 cm³/mol. The summed E-state index contributed by atoms with van der Waals surface area (Å²) in [6.45, 7) is 4.68. The van der Waals surface area contributed by atoms with Gasteiger partial charge >= 0.3 is 0 Å². The molecule has 2 atom stereocenters. The Balaban J connectivity index is 1.70. The third-order valence-electron chi connectivity index (χ3n) is 3.97. The second kappa shape index (κ2) is 5.11. The summed E-state index contributed by atoms with van der Waals surface area (Å²) in [5.41, 5.74) is 1.40. The van der Waals surface area contributed by atoms with E-state index in [4.69, 9.17) is 4.74 Å². The number of nitrogens with zero attached hydrogens (tertiary/aromatic N) is 2. The van der Waals surface area contributed by atoms with Gasteiger partial charge in [0.25, 0.3) is 0 Å². The van der Waals surface area contributed by atoms with E-state index >= 15 is 0 Å². The van der Waals surface area contributed by atoms with Crippen LogP contribution in [0, 0.1) is 6.92 Å². The summed E-state index contributed by atoms with van der Waals surface area (Å²) in [4.78, 5) is 2.14. The maximum atomic E-state index is 12.5. The number of epoxide rings is 1. The first-order valence-corrected chi connectivity index (χ1v) is 8.38. The first kappa shape index (κ1) is 14.0. The zero-order valence-corrected chi connectivity index (χ0v) is 12.6. The molecule has 20 heavy (non-hydrogen) atoms. The van der Waals surface area contributed by atoms with E-state index < -0.39 is 15.5 Å². The molecular weight excluding hydrogens is 276 g/mol. The molecule has 0 amide bonds. The average molecular weight is 296 g/mol. The topological polar surface area (TPSA) is 53.2 Å². The molecule has 2 aliphatic heterocycles. The fourth-order valence-corrected chi connectivity index (χ4v) is 4.20. The van der Waals surface area contributed by atoms with Gasteiger partial charge in [-0.25, -0.2) is 8.42 Å². The highest BCUT2D eigenvalue weighted by Gasteiger charge is 2.52. The molecule has 110 valence electrons. The van der Waals surface area contributed by atoms with Gasteiger partial charge in [-0.3, -0.25) is 0 Å². The quantitative estimate of drug-likeness (QED) is 0.780. The molecule has 1 aromatic carbocycles. The molecule has 2 unspecified atom stereocenters. The van der Waals surface area contributed by atoms with Crippen molar-refractivity contribution in [3.63, 3.8) is 0 Å². The van der Waals surface area contributed by atoms with Crippen LogP contribution >= 0.6 is 0 Å². The highest BCUT2D eigenvalue weighted by molar-refractivity contribution is 7.89. The largest absolute Gasteiger partial charge is 0.346 e. The Labute approximate surface area is 120 Å². The van der Waals surface area contributed by atoms with E-state index in [0.717, 1.165) is 24.2 Å². The van der Waals surface area contributed by atoms with E-state index in [1.807, 2.05) is 38.2 Å². The summed E-state index contributed by atoms with van der Waals surface area (Å²) >= 11 is 0. The molecule has 0 saturated carbocycles. The molecule has 0 spiro atoms. The van der Waals surface area contributed by atoms with Gasteiger partial charge in [0, 0.05) is 26.2 Å². The van der Waals surface area contributed by atoms with Gasteiger partial charge in [-0.15, -0.1) is 0 Å². The highest BCUT2D eigenvalue weighted by Crippen LogP contribution is 2.43. The summed E-state index contributed by atoms with van der Waals surface area (Å²) < 4.78 is 32.0. The molecule has 5 nitrogen and oxygen atoms in total. The van der Waals surface area contributed by atoms with Crippen LogP contribution in [0.1, 0.15) is 17.2 Å². The molecular formula is C14H20N2O3S. The zero-order chi connectivity index (χ0) is 14.3. The Morgan fingerprint density at radius 1 is 1.10 bits per heavy atom. The molecule has 3 rings (SSSR count). The monoisotopic (exact) mass is 296 g/mol. The van der Waals surface area contributed by atoms with Crippen LogP contribution in [0.5, 0.6) is 0 Å². The molecule has 2 aliphatic rings. The van der Waals surface area contributed by atoms with Crippen molar-refractivity contribution in [1.29, 1.82) is 0 Å². The van der Waals surface area contributed by atoms with Crippen LogP contribution in [0.25, 0.3) is 0 Å². The Morgan fingerprint density at radius 3 is 2.30 bits per heavy atom. The number of rotatable bonds is 3. The molecule has 0 N–H and O–H groups in total. The molecule has 0 aliphatic carbocycles. The lowest BCUT2D eigenvalue weighted by Gasteiger charge is -2.31. The predicted octanol–water partition coefficient (Wildman–Crippen LogP) is 0.970. The Bertz CT molecular complexity index is 577. The van der Waals surface area contributed by atoms with Crippen molar-refractivity contribution >= 4 is 10.0 Å². The van der Waals surface area contributed by atoms with Crippen LogP contribution in [0.15, 0.2) is 24.3 Å². The number of piperazine rings is 1. The van der Waals surface area contributed by atoms with Crippen LogP contribution in [-0.2, 0) is 14.8 Å². The summed E-state index contributed by atoms with van der Waals surface area (Å²) in [6.07, 6.45) is -0.305.